The highest BCUT2D eigenvalue weighted by Gasteiger charge is 2.25. The fourth-order valence-electron chi connectivity index (χ4n) is 8.80. The smallest absolute Gasteiger partial charge is 0.305 e. The number of carboxylic acid groups (broad SMARTS) is 1. The molecule has 2 aliphatic heterocycles. The molecule has 0 bridgehead atoms. The third kappa shape index (κ3) is 13.1. The van der Waals surface area contributed by atoms with Gasteiger partial charge in [-0.15, -0.1) is 0 Å². The lowest BCUT2D eigenvalue weighted by atomic mass is 10.0. The number of carbonyl (C=O) groups is 2. The summed E-state index contributed by atoms with van der Waals surface area (Å²) in [5.41, 5.74) is 12.8. The Morgan fingerprint density at radius 2 is 0.909 bits per heavy atom. The molecule has 10 heteroatoms. The first-order chi connectivity index (χ1) is 32.3. The van der Waals surface area contributed by atoms with Gasteiger partial charge in [0.15, 0.2) is 11.6 Å². The molecule has 66 heavy (non-hydrogen) atoms. The quantitative estimate of drug-likeness (QED) is 0.0621. The number of aromatic nitrogens is 4. The van der Waals surface area contributed by atoms with Gasteiger partial charge in [-0.05, 0) is 72.1 Å². The van der Waals surface area contributed by atoms with Gasteiger partial charge in [-0.2, -0.15) is 0 Å². The zero-order chi connectivity index (χ0) is 46.1. The Balaban J connectivity index is 0.000000197. The van der Waals surface area contributed by atoms with Crippen molar-refractivity contribution in [2.24, 2.45) is 0 Å². The van der Waals surface area contributed by atoms with Crippen LogP contribution in [0.15, 0.2) is 109 Å². The first kappa shape index (κ1) is 47.5. The second-order valence-electron chi connectivity index (χ2n) is 17.6. The Morgan fingerprint density at radius 3 is 1.33 bits per heavy atom. The number of aliphatic carboxylic acids is 1. The summed E-state index contributed by atoms with van der Waals surface area (Å²) in [5.74, 6) is 1.26. The minimum absolute atomic E-state index is 0.0828. The molecule has 2 aliphatic rings. The van der Waals surface area contributed by atoms with Crippen LogP contribution in [-0.4, -0.2) is 69.8 Å². The van der Waals surface area contributed by atoms with E-state index in [-0.39, 0.29) is 12.4 Å². The molecule has 2 aromatic heterocycles. The number of aryl methyl sites for hydroxylation is 4. The van der Waals surface area contributed by atoms with E-state index in [1.54, 1.807) is 0 Å². The summed E-state index contributed by atoms with van der Waals surface area (Å²) in [5, 5.41) is 8.80. The molecule has 0 amide bonds. The van der Waals surface area contributed by atoms with Crippen LogP contribution < -0.4 is 9.80 Å². The maximum atomic E-state index is 11.5. The molecule has 10 nitrogen and oxygen atoms in total. The van der Waals surface area contributed by atoms with Crippen molar-refractivity contribution in [1.82, 2.24) is 19.9 Å². The Bertz CT molecular complexity index is 2480. The van der Waals surface area contributed by atoms with Gasteiger partial charge in [0.2, 0.25) is 0 Å². The van der Waals surface area contributed by atoms with Crippen LogP contribution in [-0.2, 0) is 27.2 Å². The maximum Gasteiger partial charge on any atom is 0.305 e. The molecule has 4 heterocycles. The molecule has 6 aromatic rings. The van der Waals surface area contributed by atoms with Crippen molar-refractivity contribution in [3.05, 3.63) is 132 Å². The van der Waals surface area contributed by atoms with E-state index in [1.165, 1.54) is 11.1 Å². The van der Waals surface area contributed by atoms with Crippen molar-refractivity contribution >= 4 is 23.6 Å². The number of ether oxygens (including phenoxy) is 1. The molecule has 0 saturated heterocycles. The van der Waals surface area contributed by atoms with Gasteiger partial charge in [-0.1, -0.05) is 146 Å². The second-order valence-corrected chi connectivity index (χ2v) is 17.6. The van der Waals surface area contributed by atoms with Gasteiger partial charge < -0.3 is 19.6 Å². The molecule has 0 spiro atoms. The van der Waals surface area contributed by atoms with Crippen LogP contribution in [0.25, 0.3) is 45.0 Å². The number of hydrogen-bond acceptors (Lipinski definition) is 9. The van der Waals surface area contributed by atoms with E-state index < -0.39 is 5.97 Å². The Hall–Kier alpha value is -6.42. The lowest BCUT2D eigenvalue weighted by Crippen LogP contribution is -2.32. The second kappa shape index (κ2) is 24.2. The van der Waals surface area contributed by atoms with Crippen molar-refractivity contribution in [2.75, 3.05) is 42.6 Å². The van der Waals surface area contributed by atoms with Crippen LogP contribution >= 0.6 is 0 Å². The molecule has 344 valence electrons. The van der Waals surface area contributed by atoms with E-state index in [9.17, 15) is 9.59 Å². The van der Waals surface area contributed by atoms with Crippen LogP contribution in [0.1, 0.15) is 106 Å². The number of carbonyl (C=O) groups excluding carboxylic acids is 1. The van der Waals surface area contributed by atoms with Crippen molar-refractivity contribution in [3.8, 4) is 45.0 Å². The Kier molecular flexibility index (Phi) is 17.4. The van der Waals surface area contributed by atoms with Crippen molar-refractivity contribution in [1.29, 1.82) is 0 Å². The average Bonchev–Trinajstić information content (AvgIpc) is 3.34. The topological polar surface area (TPSA) is 122 Å². The molecule has 1 N–H and O–H groups in total. The summed E-state index contributed by atoms with van der Waals surface area (Å²) in [6.45, 7) is 10.4. The average molecular weight is 887 g/mol. The number of rotatable bonds is 19. The van der Waals surface area contributed by atoms with E-state index in [0.717, 1.165) is 171 Å². The highest BCUT2D eigenvalue weighted by molar-refractivity contribution is 5.81. The zero-order valence-corrected chi connectivity index (χ0v) is 39.2. The number of anilines is 2. The summed E-state index contributed by atoms with van der Waals surface area (Å²) < 4.78 is 5.02. The summed E-state index contributed by atoms with van der Waals surface area (Å²) in [7, 11) is 0. The van der Waals surface area contributed by atoms with E-state index in [4.69, 9.17) is 29.8 Å². The first-order valence-corrected chi connectivity index (χ1v) is 24.2. The number of nitrogens with zero attached hydrogens (tertiary/aromatic N) is 6. The summed E-state index contributed by atoms with van der Waals surface area (Å²) in [6, 6.07) is 37.8. The summed E-state index contributed by atoms with van der Waals surface area (Å²) in [6.07, 6.45) is 12.8. The van der Waals surface area contributed by atoms with Crippen LogP contribution in [0.3, 0.4) is 0 Å². The van der Waals surface area contributed by atoms with E-state index >= 15 is 0 Å². The van der Waals surface area contributed by atoms with Gasteiger partial charge in [-0.25, -0.2) is 19.9 Å². The maximum absolute atomic E-state index is 11.5. The van der Waals surface area contributed by atoms with Crippen LogP contribution in [0.2, 0.25) is 0 Å². The monoisotopic (exact) mass is 887 g/mol. The third-order valence-corrected chi connectivity index (χ3v) is 12.4. The number of unbranched alkanes of at least 4 members (excludes halogenated alkanes) is 6. The number of carboxylic acids is 1. The minimum Gasteiger partial charge on any atom is -0.481 e. The van der Waals surface area contributed by atoms with E-state index in [2.05, 4.69) is 109 Å². The first-order valence-electron chi connectivity index (χ1n) is 24.2. The van der Waals surface area contributed by atoms with Gasteiger partial charge in [0, 0.05) is 61.3 Å². The molecule has 0 unspecified atom stereocenters. The third-order valence-electron chi connectivity index (χ3n) is 12.4. The Labute approximate surface area is 391 Å². The molecule has 4 aromatic carbocycles. The molecule has 0 atom stereocenters. The summed E-state index contributed by atoms with van der Waals surface area (Å²) in [4.78, 5) is 47.7. The van der Waals surface area contributed by atoms with Gasteiger partial charge >= 0.3 is 11.9 Å². The predicted molar refractivity (Wildman–Crippen MR) is 267 cm³/mol. The lowest BCUT2D eigenvalue weighted by molar-refractivity contribution is -0.143. The number of hydrogen-bond donors (Lipinski definition) is 1. The van der Waals surface area contributed by atoms with Crippen LogP contribution in [0, 0.1) is 13.8 Å². The molecule has 0 radical (unpaired) electrons. The van der Waals surface area contributed by atoms with E-state index in [1.807, 2.05) is 31.2 Å². The summed E-state index contributed by atoms with van der Waals surface area (Å²) >= 11 is 0. The fraction of sp³-hybridized carbons (Fsp3) is 0.393. The number of esters is 1. The number of fused-ring (bicyclic) bond motifs is 2. The largest absolute Gasteiger partial charge is 0.481 e. The minimum atomic E-state index is -0.706. The van der Waals surface area contributed by atoms with Crippen molar-refractivity contribution < 1.29 is 19.4 Å². The van der Waals surface area contributed by atoms with Crippen LogP contribution in [0.4, 0.5) is 11.6 Å². The fourth-order valence-corrected chi connectivity index (χ4v) is 8.80. The molecular formula is C56H66N6O4. The Morgan fingerprint density at radius 1 is 0.515 bits per heavy atom. The normalized spacial score (nSPS) is 13.0. The highest BCUT2D eigenvalue weighted by atomic mass is 16.5. The van der Waals surface area contributed by atoms with Crippen molar-refractivity contribution in [3.63, 3.8) is 0 Å². The molecule has 0 fully saturated rings. The molecule has 0 aliphatic carbocycles. The van der Waals surface area contributed by atoms with Gasteiger partial charge in [0.25, 0.3) is 0 Å². The molecule has 0 saturated carbocycles. The zero-order valence-electron chi connectivity index (χ0n) is 39.2. The van der Waals surface area contributed by atoms with Crippen LogP contribution in [0.5, 0.6) is 0 Å². The number of benzene rings is 4. The lowest BCUT2D eigenvalue weighted by Gasteiger charge is -2.30. The molecular weight excluding hydrogens is 821 g/mol. The van der Waals surface area contributed by atoms with E-state index in [0.29, 0.717) is 13.0 Å². The predicted octanol–water partition coefficient (Wildman–Crippen LogP) is 12.3. The highest BCUT2D eigenvalue weighted by Crippen LogP contribution is 2.36. The van der Waals surface area contributed by atoms with Gasteiger partial charge in [0.1, 0.15) is 0 Å². The standard InChI is InChI=1S/C29H35N3O2.C27H31N3O2/c1-3-34-26(33)15-9-4-5-10-20-32-21-11-14-25-29(32)31-28(23-12-7-6-8-13-23)27(30-25)24-18-16-22(2)17-19-24;1-20-14-16-22(17-15-20)25-26(21-10-5-4-6-11-21)29-27-23(28-25)12-9-19-30(27)18-8-3-2-7-13-24(31)32/h6-8,12-13,16-19H,3-5,9-11,14-15,20-21H2,1-2H3;4-6,10-11,14-17H,2-3,7-9,12-13,18-19H2,1H3,(H,31,32). The van der Waals surface area contributed by atoms with Gasteiger partial charge in [0.05, 0.1) is 40.8 Å². The van der Waals surface area contributed by atoms with Crippen molar-refractivity contribution in [2.45, 2.75) is 111 Å². The molecule has 8 rings (SSSR count). The SMILES string of the molecule is CCOC(=O)CCCCCCN1CCCc2nc(-c3ccc(C)cc3)c(-c3ccccc3)nc21.Cc1ccc(-c2nc3c(nc2-c2ccccc2)N(CCCCCCC(=O)O)CCC3)cc1. The van der Waals surface area contributed by atoms with Gasteiger partial charge in [-0.3, -0.25) is 9.59 Å².